The number of hydrogen-bond acceptors (Lipinski definition) is 3. The second kappa shape index (κ2) is 5.40. The molecule has 12 heavy (non-hydrogen) atoms. The number of carbonyl (C=O) groups excluding carboxylic acids is 1. The number of ether oxygens (including phenoxy) is 1. The van der Waals surface area contributed by atoms with E-state index in [4.69, 9.17) is 9.90 Å². The van der Waals surface area contributed by atoms with E-state index in [1.54, 1.807) is 0 Å². The maximum Gasteiger partial charge on any atom is 0.407 e. The molecule has 0 bridgehead atoms. The van der Waals surface area contributed by atoms with Crippen LogP contribution in [-0.2, 0) is 9.53 Å². The maximum atomic E-state index is 10.3. The van der Waals surface area contributed by atoms with E-state index in [0.717, 1.165) is 13.3 Å². The first-order valence-corrected chi connectivity index (χ1v) is 3.65. The van der Waals surface area contributed by atoms with Crippen LogP contribution in [0.25, 0.3) is 0 Å². The largest absolute Gasteiger partial charge is 0.481 e. The molecule has 0 aromatic carbocycles. The molecule has 1 saturated heterocycles. The topological polar surface area (TPSA) is 75.6 Å². The molecule has 5 heteroatoms. The van der Waals surface area contributed by atoms with Gasteiger partial charge in [-0.05, 0) is 6.92 Å². The van der Waals surface area contributed by atoms with Crippen LogP contribution in [0, 0.1) is 0 Å². The molecule has 0 aromatic heterocycles. The molecule has 0 saturated carbocycles. The molecule has 1 aliphatic heterocycles. The lowest BCUT2D eigenvalue weighted by molar-refractivity contribution is -0.134. The van der Waals surface area contributed by atoms with Gasteiger partial charge in [0, 0.05) is 19.4 Å². The van der Waals surface area contributed by atoms with Gasteiger partial charge in [0.05, 0.1) is 6.61 Å². The fourth-order valence-electron chi connectivity index (χ4n) is 0.643. The number of cyclic esters (lactones) is 1. The number of carbonyl (C=O) groups is 2. The maximum absolute atomic E-state index is 10.3. The highest BCUT2D eigenvalue weighted by Gasteiger charge is 2.13. The monoisotopic (exact) mass is 175 g/mol. The summed E-state index contributed by atoms with van der Waals surface area (Å²) in [4.78, 5) is 19.3. The first-order chi connectivity index (χ1) is 5.52. The average Bonchev–Trinajstić information content (AvgIpc) is 1.84. The number of alkyl carbamates (subject to hydrolysis) is 1. The second-order valence-corrected chi connectivity index (χ2v) is 2.49. The lowest BCUT2D eigenvalue weighted by Crippen LogP contribution is -2.38. The Balaban J connectivity index is 0.000000261. The first-order valence-electron chi connectivity index (χ1n) is 3.65. The minimum atomic E-state index is -0.833. The molecule has 1 aliphatic rings. The van der Waals surface area contributed by atoms with Gasteiger partial charge < -0.3 is 15.2 Å². The average molecular weight is 175 g/mol. The van der Waals surface area contributed by atoms with Gasteiger partial charge in [-0.2, -0.15) is 0 Å². The van der Waals surface area contributed by atoms with Crippen molar-refractivity contribution < 1.29 is 19.4 Å². The molecule has 2 N–H and O–H groups in total. The van der Waals surface area contributed by atoms with Gasteiger partial charge >= 0.3 is 6.09 Å². The zero-order valence-electron chi connectivity index (χ0n) is 7.16. The lowest BCUT2D eigenvalue weighted by atomic mass is 10.2. The van der Waals surface area contributed by atoms with Crippen molar-refractivity contribution in [1.82, 2.24) is 5.32 Å². The lowest BCUT2D eigenvalue weighted by Gasteiger charge is -2.18. The van der Waals surface area contributed by atoms with E-state index in [9.17, 15) is 4.79 Å². The molecular formula is C7H13NO4. The summed E-state index contributed by atoms with van der Waals surface area (Å²) in [6.45, 7) is 3.60. The summed E-state index contributed by atoms with van der Waals surface area (Å²) in [5, 5.41) is 10.0. The highest BCUT2D eigenvalue weighted by atomic mass is 16.5. The smallest absolute Gasteiger partial charge is 0.407 e. The molecular weight excluding hydrogens is 162 g/mol. The number of aliphatic carboxylic acids is 1. The summed E-state index contributed by atoms with van der Waals surface area (Å²) < 4.78 is 4.60. The Labute approximate surface area is 70.7 Å². The van der Waals surface area contributed by atoms with Crippen molar-refractivity contribution in [2.45, 2.75) is 26.3 Å². The van der Waals surface area contributed by atoms with Gasteiger partial charge in [0.1, 0.15) is 0 Å². The van der Waals surface area contributed by atoms with E-state index in [1.165, 1.54) is 0 Å². The summed E-state index contributed by atoms with van der Waals surface area (Å²) >= 11 is 0. The zero-order chi connectivity index (χ0) is 9.56. The van der Waals surface area contributed by atoms with Crippen LogP contribution in [0.3, 0.4) is 0 Å². The summed E-state index contributed by atoms with van der Waals surface area (Å²) in [7, 11) is 0. The molecule has 0 aromatic rings. The van der Waals surface area contributed by atoms with Gasteiger partial charge in [-0.1, -0.05) is 0 Å². The van der Waals surface area contributed by atoms with Gasteiger partial charge in [-0.3, -0.25) is 4.79 Å². The van der Waals surface area contributed by atoms with Crippen LogP contribution < -0.4 is 5.32 Å². The predicted octanol–water partition coefficient (Wildman–Crippen LogP) is 0.596. The van der Waals surface area contributed by atoms with Gasteiger partial charge in [0.25, 0.3) is 5.97 Å². The number of carboxylic acid groups (broad SMARTS) is 1. The van der Waals surface area contributed by atoms with Crippen molar-refractivity contribution in [3.8, 4) is 0 Å². The van der Waals surface area contributed by atoms with Crippen LogP contribution in [0.1, 0.15) is 20.3 Å². The Bertz CT molecular complexity index is 165. The van der Waals surface area contributed by atoms with E-state index in [0.29, 0.717) is 6.61 Å². The number of rotatable bonds is 0. The predicted molar refractivity (Wildman–Crippen MR) is 41.9 cm³/mol. The quantitative estimate of drug-likeness (QED) is 0.565. The van der Waals surface area contributed by atoms with Gasteiger partial charge in [0.2, 0.25) is 0 Å². The van der Waals surface area contributed by atoms with Crippen LogP contribution in [0.2, 0.25) is 0 Å². The van der Waals surface area contributed by atoms with E-state index in [-0.39, 0.29) is 12.1 Å². The van der Waals surface area contributed by atoms with Crippen LogP contribution >= 0.6 is 0 Å². The number of hydrogen-bond donors (Lipinski definition) is 2. The van der Waals surface area contributed by atoms with E-state index < -0.39 is 5.97 Å². The highest BCUT2D eigenvalue weighted by molar-refractivity contribution is 5.68. The molecule has 1 heterocycles. The zero-order valence-corrected chi connectivity index (χ0v) is 7.16. The van der Waals surface area contributed by atoms with Crippen LogP contribution in [-0.4, -0.2) is 29.8 Å². The van der Waals surface area contributed by atoms with Crippen molar-refractivity contribution in [2.24, 2.45) is 0 Å². The summed E-state index contributed by atoms with van der Waals surface area (Å²) in [5.74, 6) is -0.833. The molecule has 0 spiro atoms. The van der Waals surface area contributed by atoms with E-state index >= 15 is 0 Å². The Morgan fingerprint density at radius 3 is 2.50 bits per heavy atom. The van der Waals surface area contributed by atoms with E-state index in [1.807, 2.05) is 6.92 Å². The molecule has 1 amide bonds. The number of amides is 1. The van der Waals surface area contributed by atoms with Gasteiger partial charge in [-0.25, -0.2) is 4.79 Å². The van der Waals surface area contributed by atoms with E-state index in [2.05, 4.69) is 10.1 Å². The Morgan fingerprint density at radius 1 is 1.75 bits per heavy atom. The number of carboxylic acids is 1. The summed E-state index contributed by atoms with van der Waals surface area (Å²) in [6.07, 6.45) is 0.634. The molecule has 70 valence electrons. The minimum absolute atomic E-state index is 0.288. The molecule has 5 nitrogen and oxygen atoms in total. The summed E-state index contributed by atoms with van der Waals surface area (Å²) in [6, 6.07) is 0.288. The third-order valence-electron chi connectivity index (χ3n) is 1.15. The van der Waals surface area contributed by atoms with Crippen LogP contribution in [0.5, 0.6) is 0 Å². The Hall–Kier alpha value is -1.26. The number of nitrogens with one attached hydrogen (secondary N) is 1. The molecule has 0 radical (unpaired) electrons. The second-order valence-electron chi connectivity index (χ2n) is 2.49. The fraction of sp³-hybridized carbons (Fsp3) is 0.714. The van der Waals surface area contributed by atoms with Crippen molar-refractivity contribution in [3.05, 3.63) is 0 Å². The molecule has 1 unspecified atom stereocenters. The molecule has 0 aliphatic carbocycles. The standard InChI is InChI=1S/C5H9NO2.C2H4O2/c1-4-2-3-8-5(7)6-4;1-2(3)4/h4H,2-3H2,1H3,(H,6,7);1H3,(H,3,4). The molecule has 1 fully saturated rings. The van der Waals surface area contributed by atoms with Crippen molar-refractivity contribution >= 4 is 12.1 Å². The van der Waals surface area contributed by atoms with Crippen molar-refractivity contribution in [3.63, 3.8) is 0 Å². The third kappa shape index (κ3) is 6.85. The fourth-order valence-corrected chi connectivity index (χ4v) is 0.643. The van der Waals surface area contributed by atoms with Crippen molar-refractivity contribution in [2.75, 3.05) is 6.61 Å². The van der Waals surface area contributed by atoms with Crippen LogP contribution in [0.4, 0.5) is 4.79 Å². The summed E-state index contributed by atoms with van der Waals surface area (Å²) in [5.41, 5.74) is 0. The Kier molecular flexibility index (Phi) is 4.83. The van der Waals surface area contributed by atoms with Gasteiger partial charge in [0.15, 0.2) is 0 Å². The SMILES string of the molecule is CC(=O)O.CC1CCOC(=O)N1. The third-order valence-corrected chi connectivity index (χ3v) is 1.15. The molecule has 1 atom stereocenters. The highest BCUT2D eigenvalue weighted by Crippen LogP contribution is 1.97. The van der Waals surface area contributed by atoms with Gasteiger partial charge in [-0.15, -0.1) is 0 Å². The Morgan fingerprint density at radius 2 is 2.25 bits per heavy atom. The van der Waals surface area contributed by atoms with Crippen molar-refractivity contribution in [1.29, 1.82) is 0 Å². The van der Waals surface area contributed by atoms with Crippen LogP contribution in [0.15, 0.2) is 0 Å². The first kappa shape index (κ1) is 10.7. The molecule has 1 rings (SSSR count). The normalized spacial score (nSPS) is 21.2. The minimum Gasteiger partial charge on any atom is -0.481 e.